The maximum atomic E-state index is 16.1. The molecule has 248 valence electrons. The number of nitrogens with two attached hydrogens (primary N) is 1. The standard InChI is InChI=1S/C24H26BFN8O10P2S/c25-45(36)39-6-13-19(17(35)24(42-13)33-5-10-2-4-38-32-11-1-3-28-21(33)14(10)11)44-46(37,47)40-7-12-18(43-45)15(26)23(41-12)34-9-31-16-20(27)29-8-30-22(16)34/h1,3,5,8-9,12-13,15,17-19,23-24,32,35H,2,4,6-7H2,(H,37,47)(H2,27,29,30)/t12-,13-,15?,17+,18+,19?,23-,24-,45?,46?/m1/s1. The normalized spacial score (nSPS) is 37.9. The van der Waals surface area contributed by atoms with Gasteiger partial charge in [0.1, 0.15) is 48.0 Å². The summed E-state index contributed by atoms with van der Waals surface area (Å²) in [6.07, 6.45) is -5.19. The molecule has 4 aliphatic heterocycles. The van der Waals surface area contributed by atoms with Crippen LogP contribution in [0.1, 0.15) is 18.0 Å². The van der Waals surface area contributed by atoms with E-state index in [0.29, 0.717) is 24.4 Å². The number of rotatable bonds is 2. The number of aromatic nitrogens is 6. The number of hydrogen-bond donors (Lipinski definition) is 4. The Morgan fingerprint density at radius 2 is 1.85 bits per heavy atom. The molecule has 0 aliphatic carbocycles. The van der Waals surface area contributed by atoms with E-state index in [1.54, 1.807) is 23.0 Å². The summed E-state index contributed by atoms with van der Waals surface area (Å²) < 4.78 is 66.7. The van der Waals surface area contributed by atoms with Crippen LogP contribution in [0, 0.1) is 0 Å². The van der Waals surface area contributed by atoms with E-state index in [1.807, 2.05) is 0 Å². The average Bonchev–Trinajstić information content (AvgIpc) is 3.73. The molecule has 10 atom stereocenters. The number of halogens is 1. The van der Waals surface area contributed by atoms with Crippen LogP contribution in [0.15, 0.2) is 31.1 Å². The van der Waals surface area contributed by atoms with E-state index >= 15 is 4.39 Å². The lowest BCUT2D eigenvalue weighted by atomic mass is 10.1. The molecule has 4 aliphatic rings. The molecule has 0 amide bonds. The molecule has 23 heteroatoms. The highest BCUT2D eigenvalue weighted by molar-refractivity contribution is 8.07. The number of aliphatic hydroxyl groups excluding tert-OH is 1. The Morgan fingerprint density at radius 1 is 1.06 bits per heavy atom. The van der Waals surface area contributed by atoms with Crippen LogP contribution in [0.5, 0.6) is 0 Å². The number of pyridine rings is 1. The molecule has 4 aromatic heterocycles. The number of nitrogen functional groups attached to an aromatic ring is 1. The van der Waals surface area contributed by atoms with Crippen molar-refractivity contribution in [1.29, 1.82) is 0 Å². The number of aliphatic hydroxyl groups is 1. The molecular weight excluding hydrogens is 684 g/mol. The molecule has 4 unspecified atom stereocenters. The number of alkyl halides is 1. The quantitative estimate of drug-likeness (QED) is 0.169. The van der Waals surface area contributed by atoms with E-state index in [-0.39, 0.29) is 17.0 Å². The van der Waals surface area contributed by atoms with Crippen molar-refractivity contribution in [3.8, 4) is 0 Å². The third kappa shape index (κ3) is 5.57. The van der Waals surface area contributed by atoms with Gasteiger partial charge in [0.15, 0.2) is 30.1 Å². The monoisotopic (exact) mass is 710 g/mol. The van der Waals surface area contributed by atoms with Crippen LogP contribution >= 0.6 is 14.2 Å². The summed E-state index contributed by atoms with van der Waals surface area (Å²) in [5.74, 6) is 0.0654. The SMILES string of the molecule is [B]P1(=O)OC[C@H]2O[C@@H](n3cc4c5c(ccnc53)NOCC4)[C@@H](O)C2OP(O)(=S)OC[C@H]2O[C@@H](n3cnc4c(N)ncnc43)C(F)[C@H]2O1. The van der Waals surface area contributed by atoms with E-state index in [1.165, 1.54) is 17.2 Å². The molecule has 4 aromatic rings. The highest BCUT2D eigenvalue weighted by atomic mass is 32.5. The predicted octanol–water partition coefficient (Wildman–Crippen LogP) is 1.16. The van der Waals surface area contributed by atoms with Crippen LogP contribution in [0.3, 0.4) is 0 Å². The maximum Gasteiger partial charge on any atom is 0.325 e. The minimum absolute atomic E-state index is 0.0654. The molecule has 47 heavy (non-hydrogen) atoms. The number of ether oxygens (including phenoxy) is 2. The summed E-state index contributed by atoms with van der Waals surface area (Å²) >= 11 is 5.28. The number of fused-ring (bicyclic) bond motifs is 3. The van der Waals surface area contributed by atoms with Crippen molar-refractivity contribution >= 4 is 67.3 Å². The van der Waals surface area contributed by atoms with Gasteiger partial charge in [0.2, 0.25) is 7.57 Å². The molecular formula is C24H26BFN8O10P2S. The van der Waals surface area contributed by atoms with E-state index in [9.17, 15) is 14.6 Å². The van der Waals surface area contributed by atoms with Crippen molar-refractivity contribution in [3.63, 3.8) is 0 Å². The van der Waals surface area contributed by atoms with Gasteiger partial charge >= 0.3 is 6.72 Å². The Hall–Kier alpha value is -2.65. The van der Waals surface area contributed by atoms with Gasteiger partial charge in [-0.3, -0.25) is 24.0 Å². The smallest absolute Gasteiger partial charge is 0.325 e. The molecule has 2 radical (unpaired) electrons. The Morgan fingerprint density at radius 3 is 2.70 bits per heavy atom. The fourth-order valence-corrected chi connectivity index (χ4v) is 8.64. The zero-order valence-electron chi connectivity index (χ0n) is 24.0. The highest BCUT2D eigenvalue weighted by Gasteiger charge is 2.53. The van der Waals surface area contributed by atoms with Crippen molar-refractivity contribution < 1.29 is 51.4 Å². The number of nitrogens with zero attached hydrogens (tertiary/aromatic N) is 6. The molecule has 8 rings (SSSR count). The zero-order valence-corrected chi connectivity index (χ0v) is 26.6. The first-order chi connectivity index (χ1) is 22.5. The van der Waals surface area contributed by atoms with Crippen molar-refractivity contribution in [3.05, 3.63) is 36.7 Å². The molecule has 3 saturated heterocycles. The van der Waals surface area contributed by atoms with Crippen LogP contribution < -0.4 is 11.2 Å². The van der Waals surface area contributed by atoms with E-state index in [0.717, 1.165) is 10.9 Å². The first-order valence-corrected chi connectivity index (χ1v) is 18.5. The van der Waals surface area contributed by atoms with Crippen LogP contribution in [0.4, 0.5) is 15.9 Å². The van der Waals surface area contributed by atoms with Crippen molar-refractivity contribution in [2.24, 2.45) is 0 Å². The van der Waals surface area contributed by atoms with Crippen LogP contribution in [0.25, 0.3) is 22.2 Å². The van der Waals surface area contributed by atoms with Gasteiger partial charge in [0, 0.05) is 24.2 Å². The summed E-state index contributed by atoms with van der Waals surface area (Å²) in [4.78, 5) is 33.1. The maximum absolute atomic E-state index is 16.1. The molecule has 18 nitrogen and oxygen atoms in total. The molecule has 0 bridgehead atoms. The topological polar surface area (TPSA) is 222 Å². The minimum atomic E-state index is -4.52. The second-order valence-corrected chi connectivity index (χ2v) is 15.5. The first kappa shape index (κ1) is 31.6. The van der Waals surface area contributed by atoms with E-state index < -0.39 is 76.6 Å². The van der Waals surface area contributed by atoms with Gasteiger partial charge in [0.05, 0.1) is 31.8 Å². The molecule has 5 N–H and O–H groups in total. The largest absolute Gasteiger partial charge is 0.386 e. The Labute approximate surface area is 270 Å². The second kappa shape index (κ2) is 11.8. The fraction of sp³-hybridized carbons (Fsp3) is 0.500. The molecule has 0 spiro atoms. The lowest BCUT2D eigenvalue weighted by Gasteiger charge is -2.30. The van der Waals surface area contributed by atoms with Crippen LogP contribution in [-0.2, 0) is 55.2 Å². The van der Waals surface area contributed by atoms with Gasteiger partial charge in [-0.1, -0.05) is 0 Å². The van der Waals surface area contributed by atoms with Gasteiger partial charge < -0.3 is 43.3 Å². The average molecular weight is 710 g/mol. The van der Waals surface area contributed by atoms with Gasteiger partial charge in [-0.05, 0) is 23.4 Å². The lowest BCUT2D eigenvalue weighted by Crippen LogP contribution is -2.38. The van der Waals surface area contributed by atoms with E-state index in [2.05, 4.69) is 25.4 Å². The summed E-state index contributed by atoms with van der Waals surface area (Å²) in [6.45, 7) is -4.93. The molecule has 0 saturated carbocycles. The lowest BCUT2D eigenvalue weighted by molar-refractivity contribution is -0.0571. The Bertz CT molecular complexity index is 1960. The summed E-state index contributed by atoms with van der Waals surface area (Å²) in [7, 11) is 1.41. The zero-order chi connectivity index (χ0) is 32.7. The highest BCUT2D eigenvalue weighted by Crippen LogP contribution is 2.54. The third-order valence-electron chi connectivity index (χ3n) is 8.30. The van der Waals surface area contributed by atoms with E-state index in [4.69, 9.17) is 57.5 Å². The Balaban J connectivity index is 1.08. The first-order valence-electron chi connectivity index (χ1n) is 14.3. The Kier molecular flexibility index (Phi) is 7.90. The number of imidazole rings is 1. The van der Waals surface area contributed by atoms with Crippen LogP contribution in [0.2, 0.25) is 0 Å². The van der Waals surface area contributed by atoms with Gasteiger partial charge in [-0.15, -0.1) is 0 Å². The van der Waals surface area contributed by atoms with Crippen molar-refractivity contribution in [1.82, 2.24) is 29.1 Å². The fourth-order valence-electron chi connectivity index (χ4n) is 6.19. The minimum Gasteiger partial charge on any atom is -0.386 e. The van der Waals surface area contributed by atoms with Gasteiger partial charge in [-0.2, -0.15) is 0 Å². The summed E-state index contributed by atoms with van der Waals surface area (Å²) in [6, 6.07) is 1.75. The molecule has 8 heterocycles. The molecule has 0 aromatic carbocycles. The van der Waals surface area contributed by atoms with Crippen LogP contribution in [-0.4, -0.2) is 103 Å². The second-order valence-electron chi connectivity index (χ2n) is 11.2. The van der Waals surface area contributed by atoms with Crippen molar-refractivity contribution in [2.75, 3.05) is 31.0 Å². The third-order valence-corrected chi connectivity index (χ3v) is 10.9. The predicted molar refractivity (Wildman–Crippen MR) is 163 cm³/mol. The summed E-state index contributed by atoms with van der Waals surface area (Å²) in [5.41, 5.74) is 11.1. The molecule has 3 fully saturated rings. The van der Waals surface area contributed by atoms with Gasteiger partial charge in [0.25, 0.3) is 7.47 Å². The number of nitrogens with one attached hydrogen (secondary N) is 1. The van der Waals surface area contributed by atoms with Gasteiger partial charge in [-0.25, -0.2) is 24.3 Å². The number of anilines is 2. The number of hydrogen-bond acceptors (Lipinski definition) is 16. The summed E-state index contributed by atoms with van der Waals surface area (Å²) in [5, 5.41) is 12.3. The van der Waals surface area contributed by atoms with Crippen molar-refractivity contribution in [2.45, 2.75) is 55.6 Å².